The number of hydrogen-bond donors (Lipinski definition) is 3. The Morgan fingerprint density at radius 2 is 1.63 bits per heavy atom. The van der Waals surface area contributed by atoms with E-state index in [4.69, 9.17) is 5.11 Å². The van der Waals surface area contributed by atoms with Crippen molar-refractivity contribution in [1.82, 2.24) is 15.5 Å². The van der Waals surface area contributed by atoms with Crippen LogP contribution in [-0.4, -0.2) is 60.0 Å². The highest BCUT2D eigenvalue weighted by Gasteiger charge is 2.37. The number of benzene rings is 1. The topological polar surface area (TPSA) is 98.7 Å². The fourth-order valence-corrected chi connectivity index (χ4v) is 4.09. The second-order valence-electron chi connectivity index (χ2n) is 8.62. The summed E-state index contributed by atoms with van der Waals surface area (Å²) >= 11 is 0. The molecular weight excluding hydrogens is 382 g/mol. The zero-order chi connectivity index (χ0) is 22.1. The number of hydrogen-bond acceptors (Lipinski definition) is 4. The Labute approximate surface area is 179 Å². The molecule has 2 amide bonds. The molecule has 30 heavy (non-hydrogen) atoms. The SMILES string of the molecule is Cc1ccc(CC2(N(C)C)CCC(NC(=O)CCC(=O)NCCC(=O)O)CC2)cc1. The van der Waals surface area contributed by atoms with Gasteiger partial charge < -0.3 is 20.6 Å². The number of aliphatic carboxylic acids is 1. The molecule has 1 aliphatic carbocycles. The van der Waals surface area contributed by atoms with E-state index < -0.39 is 5.97 Å². The molecule has 0 radical (unpaired) electrons. The molecule has 166 valence electrons. The average molecular weight is 418 g/mol. The fraction of sp³-hybridized carbons (Fsp3) is 0.609. The summed E-state index contributed by atoms with van der Waals surface area (Å²) in [6.07, 6.45) is 4.93. The predicted octanol–water partition coefficient (Wildman–Crippen LogP) is 2.27. The first kappa shape index (κ1) is 23.9. The summed E-state index contributed by atoms with van der Waals surface area (Å²) in [6, 6.07) is 8.86. The summed E-state index contributed by atoms with van der Waals surface area (Å²) in [6.45, 7) is 2.19. The van der Waals surface area contributed by atoms with Crippen LogP contribution in [0.25, 0.3) is 0 Å². The third kappa shape index (κ3) is 7.44. The highest BCUT2D eigenvalue weighted by atomic mass is 16.4. The maximum atomic E-state index is 12.2. The molecule has 1 aromatic carbocycles. The molecule has 1 saturated carbocycles. The number of carbonyl (C=O) groups is 3. The van der Waals surface area contributed by atoms with Crippen molar-refractivity contribution in [2.45, 2.75) is 69.9 Å². The molecule has 0 spiro atoms. The molecule has 0 aliphatic heterocycles. The maximum Gasteiger partial charge on any atom is 0.305 e. The van der Waals surface area contributed by atoms with Crippen molar-refractivity contribution in [1.29, 1.82) is 0 Å². The van der Waals surface area contributed by atoms with Gasteiger partial charge in [0, 0.05) is 31.0 Å². The summed E-state index contributed by atoms with van der Waals surface area (Å²) in [7, 11) is 4.27. The molecule has 2 rings (SSSR count). The lowest BCUT2D eigenvalue weighted by atomic mass is 9.74. The van der Waals surface area contributed by atoms with Crippen LogP contribution in [0.5, 0.6) is 0 Å². The summed E-state index contributed by atoms with van der Waals surface area (Å²) in [4.78, 5) is 36.7. The number of rotatable bonds is 10. The molecule has 1 aromatic rings. The lowest BCUT2D eigenvalue weighted by molar-refractivity contribution is -0.137. The molecule has 3 N–H and O–H groups in total. The second-order valence-corrected chi connectivity index (χ2v) is 8.62. The van der Waals surface area contributed by atoms with E-state index in [0.717, 1.165) is 32.1 Å². The van der Waals surface area contributed by atoms with Gasteiger partial charge in [-0.2, -0.15) is 0 Å². The van der Waals surface area contributed by atoms with Crippen molar-refractivity contribution in [2.75, 3.05) is 20.6 Å². The smallest absolute Gasteiger partial charge is 0.305 e. The number of aryl methyl sites for hydroxylation is 1. The van der Waals surface area contributed by atoms with Crippen LogP contribution in [0.1, 0.15) is 56.1 Å². The van der Waals surface area contributed by atoms with E-state index in [1.165, 1.54) is 11.1 Å². The zero-order valence-electron chi connectivity index (χ0n) is 18.4. The van der Waals surface area contributed by atoms with Crippen molar-refractivity contribution in [3.05, 3.63) is 35.4 Å². The standard InChI is InChI=1S/C23H35N3O4/c1-17-4-6-18(7-5-17)16-23(26(2)3)13-10-19(11-14-23)25-21(28)9-8-20(27)24-15-12-22(29)30/h4-7,19H,8-16H2,1-3H3,(H,24,27)(H,25,28)(H,29,30). The van der Waals surface area contributed by atoms with Gasteiger partial charge in [0.05, 0.1) is 6.42 Å². The minimum absolute atomic E-state index is 0.0766. The minimum atomic E-state index is -0.957. The van der Waals surface area contributed by atoms with E-state index in [9.17, 15) is 14.4 Å². The summed E-state index contributed by atoms with van der Waals surface area (Å²) in [5.74, 6) is -1.37. The van der Waals surface area contributed by atoms with Crippen LogP contribution in [0.15, 0.2) is 24.3 Å². The zero-order valence-corrected chi connectivity index (χ0v) is 18.4. The number of amides is 2. The molecule has 0 aromatic heterocycles. The summed E-state index contributed by atoms with van der Waals surface area (Å²) < 4.78 is 0. The molecule has 7 nitrogen and oxygen atoms in total. The predicted molar refractivity (Wildman–Crippen MR) is 116 cm³/mol. The third-order valence-electron chi connectivity index (χ3n) is 6.12. The lowest BCUT2D eigenvalue weighted by Crippen LogP contribution is -2.52. The third-order valence-corrected chi connectivity index (χ3v) is 6.12. The van der Waals surface area contributed by atoms with Crippen molar-refractivity contribution >= 4 is 17.8 Å². The first-order valence-corrected chi connectivity index (χ1v) is 10.7. The molecule has 1 fully saturated rings. The highest BCUT2D eigenvalue weighted by molar-refractivity contribution is 5.84. The molecule has 0 saturated heterocycles. The van der Waals surface area contributed by atoms with Crippen molar-refractivity contribution in [3.63, 3.8) is 0 Å². The average Bonchev–Trinajstić information content (AvgIpc) is 2.69. The van der Waals surface area contributed by atoms with Gasteiger partial charge in [-0.3, -0.25) is 14.4 Å². The number of nitrogens with one attached hydrogen (secondary N) is 2. The van der Waals surface area contributed by atoms with Gasteiger partial charge in [0.1, 0.15) is 0 Å². The van der Waals surface area contributed by atoms with E-state index >= 15 is 0 Å². The number of carboxylic acids is 1. The Morgan fingerprint density at radius 1 is 1.03 bits per heavy atom. The molecule has 1 aliphatic rings. The maximum absolute atomic E-state index is 12.2. The molecule has 7 heteroatoms. The second kappa shape index (κ2) is 11.1. The van der Waals surface area contributed by atoms with Crippen LogP contribution < -0.4 is 10.6 Å². The van der Waals surface area contributed by atoms with E-state index in [1.807, 2.05) is 0 Å². The van der Waals surface area contributed by atoms with Gasteiger partial charge in [0.25, 0.3) is 0 Å². The van der Waals surface area contributed by atoms with E-state index in [-0.39, 0.29) is 49.2 Å². The summed E-state index contributed by atoms with van der Waals surface area (Å²) in [5, 5.41) is 14.2. The number of carboxylic acid groups (broad SMARTS) is 1. The Bertz CT molecular complexity index is 722. The van der Waals surface area contributed by atoms with Crippen molar-refractivity contribution < 1.29 is 19.5 Å². The van der Waals surface area contributed by atoms with Crippen LogP contribution >= 0.6 is 0 Å². The van der Waals surface area contributed by atoms with Gasteiger partial charge in [0.15, 0.2) is 0 Å². The minimum Gasteiger partial charge on any atom is -0.481 e. The molecule has 0 unspecified atom stereocenters. The Hall–Kier alpha value is -2.41. The van der Waals surface area contributed by atoms with Crippen molar-refractivity contribution in [2.24, 2.45) is 0 Å². The van der Waals surface area contributed by atoms with Crippen LogP contribution in [0.2, 0.25) is 0 Å². The summed E-state index contributed by atoms with van der Waals surface area (Å²) in [5.41, 5.74) is 2.70. The van der Waals surface area contributed by atoms with Crippen LogP contribution in [0, 0.1) is 6.92 Å². The Morgan fingerprint density at radius 3 is 2.20 bits per heavy atom. The Balaban J connectivity index is 1.77. The van der Waals surface area contributed by atoms with Gasteiger partial charge in [-0.25, -0.2) is 0 Å². The van der Waals surface area contributed by atoms with Crippen LogP contribution in [-0.2, 0) is 20.8 Å². The van der Waals surface area contributed by atoms with E-state index in [1.54, 1.807) is 0 Å². The van der Waals surface area contributed by atoms with E-state index in [0.29, 0.717) is 0 Å². The molecular formula is C23H35N3O4. The highest BCUT2D eigenvalue weighted by Crippen LogP contribution is 2.35. The normalized spacial score (nSPS) is 21.3. The first-order valence-electron chi connectivity index (χ1n) is 10.7. The number of carbonyl (C=O) groups excluding carboxylic acids is 2. The fourth-order valence-electron chi connectivity index (χ4n) is 4.09. The van der Waals surface area contributed by atoms with Crippen LogP contribution in [0.3, 0.4) is 0 Å². The van der Waals surface area contributed by atoms with E-state index in [2.05, 4.69) is 60.8 Å². The molecule has 0 heterocycles. The number of nitrogens with zero attached hydrogens (tertiary/aromatic N) is 1. The van der Waals surface area contributed by atoms with Gasteiger partial charge in [-0.1, -0.05) is 29.8 Å². The first-order chi connectivity index (χ1) is 14.2. The number of likely N-dealkylation sites (N-methyl/N-ethyl adjacent to an activating group) is 1. The van der Waals surface area contributed by atoms with Gasteiger partial charge in [-0.05, 0) is 58.7 Å². The quantitative estimate of drug-likeness (QED) is 0.542. The van der Waals surface area contributed by atoms with Gasteiger partial charge in [0.2, 0.25) is 11.8 Å². The van der Waals surface area contributed by atoms with Gasteiger partial charge >= 0.3 is 5.97 Å². The van der Waals surface area contributed by atoms with Crippen LogP contribution in [0.4, 0.5) is 0 Å². The molecule has 0 bridgehead atoms. The lowest BCUT2D eigenvalue weighted by Gasteiger charge is -2.45. The van der Waals surface area contributed by atoms with Crippen molar-refractivity contribution in [3.8, 4) is 0 Å². The van der Waals surface area contributed by atoms with Gasteiger partial charge in [-0.15, -0.1) is 0 Å². The molecule has 0 atom stereocenters. The largest absolute Gasteiger partial charge is 0.481 e. The monoisotopic (exact) mass is 417 g/mol. The Kier molecular flexibility index (Phi) is 8.84.